The minimum absolute atomic E-state index is 0.0111. The molecule has 1 fully saturated rings. The second-order valence-electron chi connectivity index (χ2n) is 5.46. The Morgan fingerprint density at radius 1 is 1.10 bits per heavy atom. The van der Waals surface area contributed by atoms with E-state index in [4.69, 9.17) is 0 Å². The van der Waals surface area contributed by atoms with E-state index in [0.717, 1.165) is 10.6 Å². The van der Waals surface area contributed by atoms with Crippen LogP contribution in [-0.2, 0) is 4.79 Å². The minimum Gasteiger partial charge on any atom is -0.370 e. The summed E-state index contributed by atoms with van der Waals surface area (Å²) in [5, 5.41) is 0. The van der Waals surface area contributed by atoms with Crippen LogP contribution in [0.3, 0.4) is 0 Å². The van der Waals surface area contributed by atoms with Gasteiger partial charge in [-0.1, -0.05) is 6.92 Å². The smallest absolute Gasteiger partial charge is 0.261 e. The van der Waals surface area contributed by atoms with Crippen LogP contribution in [0.4, 0.5) is 5.69 Å². The molecule has 0 saturated carbocycles. The number of nitrogens with zero attached hydrogens (tertiary/aromatic N) is 2. The second kappa shape index (κ2) is 4.44. The maximum atomic E-state index is 12.0. The molecule has 1 saturated heterocycles. The molecule has 0 bridgehead atoms. The van der Waals surface area contributed by atoms with E-state index in [-0.39, 0.29) is 23.5 Å². The zero-order chi connectivity index (χ0) is 14.4. The molecule has 1 aromatic rings. The molecule has 2 aliphatic rings. The van der Waals surface area contributed by atoms with E-state index in [1.807, 2.05) is 13.0 Å². The molecule has 0 spiro atoms. The third-order valence-corrected chi connectivity index (χ3v) is 4.11. The number of piperidine rings is 1. The fourth-order valence-corrected chi connectivity index (χ4v) is 2.80. The normalized spacial score (nSPS) is 22.5. The second-order valence-corrected chi connectivity index (χ2v) is 5.46. The highest BCUT2D eigenvalue weighted by atomic mass is 16.2. The minimum atomic E-state index is -0.256. The molecule has 104 valence electrons. The van der Waals surface area contributed by atoms with Crippen LogP contribution < -0.4 is 4.90 Å². The molecule has 0 radical (unpaired) electrons. The van der Waals surface area contributed by atoms with E-state index < -0.39 is 0 Å². The van der Waals surface area contributed by atoms with Gasteiger partial charge in [-0.15, -0.1) is 0 Å². The standard InChI is InChI=1S/C15H16N2O3/c1-9-8-17(6-5-13(9)18)10-3-4-11-12(7-10)15(20)16(2)14(11)19/h3-4,7,9H,5-6,8H2,1-2H3. The largest absolute Gasteiger partial charge is 0.370 e. The van der Waals surface area contributed by atoms with Gasteiger partial charge in [-0.2, -0.15) is 0 Å². The predicted molar refractivity (Wildman–Crippen MR) is 73.9 cm³/mol. The summed E-state index contributed by atoms with van der Waals surface area (Å²) in [5.41, 5.74) is 1.82. The Hall–Kier alpha value is -2.17. The van der Waals surface area contributed by atoms with Gasteiger partial charge in [-0.3, -0.25) is 19.3 Å². The van der Waals surface area contributed by atoms with Crippen LogP contribution in [0.1, 0.15) is 34.1 Å². The first-order valence-electron chi connectivity index (χ1n) is 6.73. The van der Waals surface area contributed by atoms with Crippen molar-refractivity contribution in [1.82, 2.24) is 4.90 Å². The maximum Gasteiger partial charge on any atom is 0.261 e. The quantitative estimate of drug-likeness (QED) is 0.724. The van der Waals surface area contributed by atoms with Gasteiger partial charge in [-0.25, -0.2) is 0 Å². The molecular formula is C15H16N2O3. The van der Waals surface area contributed by atoms with E-state index in [9.17, 15) is 14.4 Å². The third kappa shape index (κ3) is 1.81. The Balaban J connectivity index is 1.93. The SMILES string of the molecule is CC1CN(c2ccc3c(c2)C(=O)N(C)C3=O)CCC1=O. The average Bonchev–Trinajstić information content (AvgIpc) is 2.66. The molecule has 3 rings (SSSR count). The van der Waals surface area contributed by atoms with E-state index in [0.29, 0.717) is 30.6 Å². The molecule has 5 nitrogen and oxygen atoms in total. The number of hydrogen-bond acceptors (Lipinski definition) is 4. The van der Waals surface area contributed by atoms with Gasteiger partial charge < -0.3 is 4.90 Å². The predicted octanol–water partition coefficient (Wildman–Crippen LogP) is 1.33. The van der Waals surface area contributed by atoms with Crippen LogP contribution >= 0.6 is 0 Å². The number of rotatable bonds is 1. The lowest BCUT2D eigenvalue weighted by atomic mass is 9.97. The number of ketones is 1. The number of anilines is 1. The van der Waals surface area contributed by atoms with E-state index in [2.05, 4.69) is 4.90 Å². The monoisotopic (exact) mass is 272 g/mol. The van der Waals surface area contributed by atoms with Crippen LogP contribution in [0, 0.1) is 5.92 Å². The average molecular weight is 272 g/mol. The highest BCUT2D eigenvalue weighted by molar-refractivity contribution is 6.21. The van der Waals surface area contributed by atoms with Crippen molar-refractivity contribution in [3.63, 3.8) is 0 Å². The molecule has 1 unspecified atom stereocenters. The van der Waals surface area contributed by atoms with Crippen LogP contribution in [0.15, 0.2) is 18.2 Å². The van der Waals surface area contributed by atoms with Crippen molar-refractivity contribution in [1.29, 1.82) is 0 Å². The van der Waals surface area contributed by atoms with Gasteiger partial charge in [0.25, 0.3) is 11.8 Å². The Kier molecular flexibility index (Phi) is 2.85. The molecule has 20 heavy (non-hydrogen) atoms. The van der Waals surface area contributed by atoms with Crippen LogP contribution in [0.2, 0.25) is 0 Å². The molecule has 0 aromatic heterocycles. The molecule has 5 heteroatoms. The Morgan fingerprint density at radius 3 is 2.50 bits per heavy atom. The lowest BCUT2D eigenvalue weighted by Crippen LogP contribution is -2.39. The molecule has 0 aliphatic carbocycles. The Bertz CT molecular complexity index is 624. The first-order chi connectivity index (χ1) is 9.49. The number of benzene rings is 1. The number of Topliss-reactive ketones (excluding diaryl/α,β-unsaturated/α-hetero) is 1. The summed E-state index contributed by atoms with van der Waals surface area (Å²) in [4.78, 5) is 38.6. The van der Waals surface area contributed by atoms with E-state index in [1.165, 1.54) is 7.05 Å². The van der Waals surface area contributed by atoms with Crippen molar-refractivity contribution in [2.75, 3.05) is 25.0 Å². The molecule has 0 N–H and O–H groups in total. The number of amides is 2. The van der Waals surface area contributed by atoms with Crippen molar-refractivity contribution < 1.29 is 14.4 Å². The van der Waals surface area contributed by atoms with Crippen molar-refractivity contribution in [2.24, 2.45) is 5.92 Å². The van der Waals surface area contributed by atoms with Gasteiger partial charge in [0.15, 0.2) is 0 Å². The first kappa shape index (κ1) is 12.8. The zero-order valence-electron chi connectivity index (χ0n) is 11.5. The maximum absolute atomic E-state index is 12.0. The summed E-state index contributed by atoms with van der Waals surface area (Å²) in [6.45, 7) is 3.25. The van der Waals surface area contributed by atoms with Gasteiger partial charge >= 0.3 is 0 Å². The summed E-state index contributed by atoms with van der Waals surface area (Å²) >= 11 is 0. The highest BCUT2D eigenvalue weighted by Crippen LogP contribution is 2.28. The summed E-state index contributed by atoms with van der Waals surface area (Å²) in [7, 11) is 1.49. The fraction of sp³-hybridized carbons (Fsp3) is 0.400. The number of imide groups is 1. The molecular weight excluding hydrogens is 256 g/mol. The lowest BCUT2D eigenvalue weighted by Gasteiger charge is -2.32. The number of hydrogen-bond donors (Lipinski definition) is 0. The summed E-state index contributed by atoms with van der Waals surface area (Å²) in [6.07, 6.45) is 0.533. The number of carbonyl (C=O) groups excluding carboxylic acids is 3. The van der Waals surface area contributed by atoms with Crippen molar-refractivity contribution in [2.45, 2.75) is 13.3 Å². The molecule has 1 atom stereocenters. The first-order valence-corrected chi connectivity index (χ1v) is 6.73. The van der Waals surface area contributed by atoms with E-state index in [1.54, 1.807) is 12.1 Å². The molecule has 2 amide bonds. The topological polar surface area (TPSA) is 57.7 Å². The van der Waals surface area contributed by atoms with Gasteiger partial charge in [0, 0.05) is 38.2 Å². The van der Waals surface area contributed by atoms with Crippen LogP contribution in [0.25, 0.3) is 0 Å². The number of fused-ring (bicyclic) bond motifs is 1. The summed E-state index contributed by atoms with van der Waals surface area (Å²) in [5.74, 6) is -0.211. The molecule has 2 aliphatic heterocycles. The Morgan fingerprint density at radius 2 is 1.80 bits per heavy atom. The molecule has 1 aromatic carbocycles. The zero-order valence-corrected chi connectivity index (χ0v) is 11.5. The highest BCUT2D eigenvalue weighted by Gasteiger charge is 2.33. The van der Waals surface area contributed by atoms with Crippen molar-refractivity contribution in [3.8, 4) is 0 Å². The van der Waals surface area contributed by atoms with Crippen LogP contribution in [0.5, 0.6) is 0 Å². The van der Waals surface area contributed by atoms with Crippen molar-refractivity contribution in [3.05, 3.63) is 29.3 Å². The lowest BCUT2D eigenvalue weighted by molar-refractivity contribution is -0.122. The van der Waals surface area contributed by atoms with Crippen molar-refractivity contribution >= 4 is 23.3 Å². The van der Waals surface area contributed by atoms with Gasteiger partial charge in [0.1, 0.15) is 5.78 Å². The van der Waals surface area contributed by atoms with Gasteiger partial charge in [-0.05, 0) is 18.2 Å². The summed E-state index contributed by atoms with van der Waals surface area (Å²) < 4.78 is 0. The summed E-state index contributed by atoms with van der Waals surface area (Å²) in [6, 6.07) is 5.32. The third-order valence-electron chi connectivity index (χ3n) is 4.11. The van der Waals surface area contributed by atoms with Gasteiger partial charge in [0.05, 0.1) is 11.1 Å². The fourth-order valence-electron chi connectivity index (χ4n) is 2.80. The molecule has 2 heterocycles. The van der Waals surface area contributed by atoms with Crippen LogP contribution in [-0.4, -0.2) is 42.6 Å². The Labute approximate surface area is 117 Å². The van der Waals surface area contributed by atoms with Gasteiger partial charge in [0.2, 0.25) is 0 Å². The number of carbonyl (C=O) groups is 3. The van der Waals surface area contributed by atoms with E-state index >= 15 is 0 Å².